The van der Waals surface area contributed by atoms with E-state index >= 15 is 0 Å². The van der Waals surface area contributed by atoms with Crippen LogP contribution in [0, 0.1) is 13.8 Å². The van der Waals surface area contributed by atoms with Crippen LogP contribution in [0.1, 0.15) is 35.6 Å². The molecule has 0 saturated heterocycles. The van der Waals surface area contributed by atoms with Crippen LogP contribution in [-0.2, 0) is 0 Å². The first-order chi connectivity index (χ1) is 10.7. The maximum absolute atomic E-state index is 8.96. The Kier molecular flexibility index (Phi) is 4.24. The van der Waals surface area contributed by atoms with Gasteiger partial charge in [0.1, 0.15) is 5.82 Å². The number of anilines is 3. The van der Waals surface area contributed by atoms with Crippen molar-refractivity contribution in [3.8, 4) is 0 Å². The molecule has 0 spiro atoms. The third kappa shape index (κ3) is 3.36. The van der Waals surface area contributed by atoms with Crippen molar-refractivity contribution in [1.29, 1.82) is 0 Å². The van der Waals surface area contributed by atoms with E-state index in [-0.39, 0.29) is 6.61 Å². The van der Waals surface area contributed by atoms with Gasteiger partial charge < -0.3 is 15.7 Å². The summed E-state index contributed by atoms with van der Waals surface area (Å²) in [4.78, 5) is 9.04. The summed E-state index contributed by atoms with van der Waals surface area (Å²) in [7, 11) is 0. The predicted molar refractivity (Wildman–Crippen MR) is 88.8 cm³/mol. The van der Waals surface area contributed by atoms with E-state index in [0.717, 1.165) is 17.2 Å². The van der Waals surface area contributed by atoms with Crippen LogP contribution in [0.4, 0.5) is 17.5 Å². The lowest BCUT2D eigenvalue weighted by molar-refractivity contribution is 0.311. The zero-order chi connectivity index (χ0) is 15.5. The number of hydrogen-bond acceptors (Lipinski definition) is 5. The van der Waals surface area contributed by atoms with Gasteiger partial charge in [-0.2, -0.15) is 4.98 Å². The van der Waals surface area contributed by atoms with Crippen LogP contribution in [0.2, 0.25) is 0 Å². The molecule has 5 nitrogen and oxygen atoms in total. The van der Waals surface area contributed by atoms with E-state index in [2.05, 4.69) is 46.6 Å². The molecule has 1 saturated carbocycles. The summed E-state index contributed by atoms with van der Waals surface area (Å²) in [5.74, 6) is 1.93. The standard InChI is InChI=1S/C17H22N4O/c1-11-4-3-5-14(12(11)2)19-16-10-15(13-6-7-13)20-17(21-16)18-8-9-22/h3-5,10,13,22H,6-9H2,1-2H3,(H2,18,19,20,21). The highest BCUT2D eigenvalue weighted by Crippen LogP contribution is 2.40. The number of aromatic nitrogens is 2. The molecule has 0 atom stereocenters. The van der Waals surface area contributed by atoms with Crippen LogP contribution in [0.25, 0.3) is 0 Å². The van der Waals surface area contributed by atoms with Gasteiger partial charge in [0.25, 0.3) is 0 Å². The minimum atomic E-state index is 0.0662. The highest BCUT2D eigenvalue weighted by atomic mass is 16.3. The van der Waals surface area contributed by atoms with Crippen LogP contribution in [-0.4, -0.2) is 28.2 Å². The number of aliphatic hydroxyl groups excluding tert-OH is 1. The second kappa shape index (κ2) is 6.32. The topological polar surface area (TPSA) is 70.1 Å². The van der Waals surface area contributed by atoms with Gasteiger partial charge in [-0.1, -0.05) is 12.1 Å². The van der Waals surface area contributed by atoms with Gasteiger partial charge in [-0.15, -0.1) is 0 Å². The van der Waals surface area contributed by atoms with E-state index in [9.17, 15) is 0 Å². The van der Waals surface area contributed by atoms with Crippen molar-refractivity contribution in [2.75, 3.05) is 23.8 Å². The van der Waals surface area contributed by atoms with E-state index in [1.165, 1.54) is 24.0 Å². The van der Waals surface area contributed by atoms with Gasteiger partial charge in [-0.05, 0) is 43.9 Å². The van der Waals surface area contributed by atoms with Crippen molar-refractivity contribution in [1.82, 2.24) is 9.97 Å². The molecule has 0 aliphatic heterocycles. The third-order valence-electron chi connectivity index (χ3n) is 4.00. The summed E-state index contributed by atoms with van der Waals surface area (Å²) in [5.41, 5.74) is 4.61. The first-order valence-electron chi connectivity index (χ1n) is 7.74. The minimum absolute atomic E-state index is 0.0662. The summed E-state index contributed by atoms with van der Waals surface area (Å²) in [5, 5.41) is 15.4. The molecule has 1 aliphatic carbocycles. The van der Waals surface area contributed by atoms with Gasteiger partial charge in [0.15, 0.2) is 0 Å². The monoisotopic (exact) mass is 298 g/mol. The molecular weight excluding hydrogens is 276 g/mol. The fourth-order valence-electron chi connectivity index (χ4n) is 2.39. The molecule has 3 rings (SSSR count). The van der Waals surface area contributed by atoms with Gasteiger partial charge in [0.2, 0.25) is 5.95 Å². The molecule has 1 heterocycles. The molecule has 1 aliphatic rings. The highest BCUT2D eigenvalue weighted by Gasteiger charge is 2.26. The van der Waals surface area contributed by atoms with Crippen LogP contribution in [0.15, 0.2) is 24.3 Å². The zero-order valence-electron chi connectivity index (χ0n) is 13.1. The molecule has 1 aromatic heterocycles. The molecule has 5 heteroatoms. The Morgan fingerprint density at radius 2 is 2.05 bits per heavy atom. The number of aryl methyl sites for hydroxylation is 1. The number of aliphatic hydroxyl groups is 1. The summed E-state index contributed by atoms with van der Waals surface area (Å²) in [6.07, 6.45) is 2.39. The SMILES string of the molecule is Cc1cccc(Nc2cc(C3CC3)nc(NCCO)n2)c1C. The van der Waals surface area contributed by atoms with Gasteiger partial charge in [0.05, 0.1) is 12.3 Å². The predicted octanol–water partition coefficient (Wildman–Crippen LogP) is 3.12. The Hall–Kier alpha value is -2.14. The fraction of sp³-hybridized carbons (Fsp3) is 0.412. The van der Waals surface area contributed by atoms with Gasteiger partial charge in [-0.25, -0.2) is 4.98 Å². The van der Waals surface area contributed by atoms with Gasteiger partial charge >= 0.3 is 0 Å². The number of rotatable bonds is 6. The first-order valence-corrected chi connectivity index (χ1v) is 7.74. The lowest BCUT2D eigenvalue weighted by Crippen LogP contribution is -2.11. The number of nitrogens with zero attached hydrogens (tertiary/aromatic N) is 2. The Balaban J connectivity index is 1.88. The van der Waals surface area contributed by atoms with Crippen LogP contribution in [0.3, 0.4) is 0 Å². The largest absolute Gasteiger partial charge is 0.395 e. The smallest absolute Gasteiger partial charge is 0.224 e. The van der Waals surface area contributed by atoms with E-state index < -0.39 is 0 Å². The summed E-state index contributed by atoms with van der Waals surface area (Å²) < 4.78 is 0. The molecule has 1 fully saturated rings. The third-order valence-corrected chi connectivity index (χ3v) is 4.00. The molecule has 116 valence electrons. The first kappa shape index (κ1) is 14.8. The van der Waals surface area contributed by atoms with Gasteiger partial charge in [0, 0.05) is 24.2 Å². The van der Waals surface area contributed by atoms with Crippen LogP contribution < -0.4 is 10.6 Å². The Morgan fingerprint density at radius 3 is 2.77 bits per heavy atom. The molecule has 2 aromatic rings. The Bertz CT molecular complexity index is 668. The number of benzene rings is 1. The Labute approximate surface area is 130 Å². The average molecular weight is 298 g/mol. The summed E-state index contributed by atoms with van der Waals surface area (Å²) >= 11 is 0. The van der Waals surface area contributed by atoms with Gasteiger partial charge in [-0.3, -0.25) is 0 Å². The molecule has 0 amide bonds. The quantitative estimate of drug-likeness (QED) is 0.764. The number of hydrogen-bond donors (Lipinski definition) is 3. The zero-order valence-corrected chi connectivity index (χ0v) is 13.1. The van der Waals surface area contributed by atoms with E-state index in [4.69, 9.17) is 5.11 Å². The van der Waals surface area contributed by atoms with Crippen LogP contribution >= 0.6 is 0 Å². The summed E-state index contributed by atoms with van der Waals surface area (Å²) in [6.45, 7) is 4.73. The maximum Gasteiger partial charge on any atom is 0.224 e. The van der Waals surface area contributed by atoms with E-state index in [0.29, 0.717) is 18.4 Å². The molecule has 0 bridgehead atoms. The molecule has 3 N–H and O–H groups in total. The van der Waals surface area contributed by atoms with Crippen molar-refractivity contribution in [2.24, 2.45) is 0 Å². The lowest BCUT2D eigenvalue weighted by Gasteiger charge is -2.13. The minimum Gasteiger partial charge on any atom is -0.395 e. The van der Waals surface area contributed by atoms with Crippen molar-refractivity contribution in [3.63, 3.8) is 0 Å². The van der Waals surface area contributed by atoms with Crippen molar-refractivity contribution < 1.29 is 5.11 Å². The van der Waals surface area contributed by atoms with E-state index in [1.807, 2.05) is 12.1 Å². The van der Waals surface area contributed by atoms with Crippen LogP contribution in [0.5, 0.6) is 0 Å². The average Bonchev–Trinajstić information content (AvgIpc) is 3.34. The molecule has 1 aromatic carbocycles. The fourth-order valence-corrected chi connectivity index (χ4v) is 2.39. The molecule has 22 heavy (non-hydrogen) atoms. The van der Waals surface area contributed by atoms with Crippen molar-refractivity contribution >= 4 is 17.5 Å². The molecular formula is C17H22N4O. The highest BCUT2D eigenvalue weighted by molar-refractivity contribution is 5.63. The normalized spacial score (nSPS) is 14.0. The maximum atomic E-state index is 8.96. The number of nitrogens with one attached hydrogen (secondary N) is 2. The second-order valence-corrected chi connectivity index (χ2v) is 5.80. The van der Waals surface area contributed by atoms with E-state index in [1.54, 1.807) is 0 Å². The van der Waals surface area contributed by atoms with Crippen molar-refractivity contribution in [3.05, 3.63) is 41.1 Å². The lowest BCUT2D eigenvalue weighted by atomic mass is 10.1. The second-order valence-electron chi connectivity index (χ2n) is 5.80. The Morgan fingerprint density at radius 1 is 1.23 bits per heavy atom. The van der Waals surface area contributed by atoms with Crippen molar-refractivity contribution in [2.45, 2.75) is 32.6 Å². The molecule has 0 radical (unpaired) electrons. The summed E-state index contributed by atoms with van der Waals surface area (Å²) in [6, 6.07) is 8.23. The molecule has 0 unspecified atom stereocenters.